The van der Waals surface area contributed by atoms with Crippen LogP contribution in [-0.2, 0) is 28.6 Å². The summed E-state index contributed by atoms with van der Waals surface area (Å²) in [6.07, 6.45) is 88.5. The van der Waals surface area contributed by atoms with E-state index in [1.165, 1.54) is 321 Å². The van der Waals surface area contributed by atoms with Gasteiger partial charge in [0, 0.05) is 19.3 Å². The topological polar surface area (TPSA) is 78.9 Å². The van der Waals surface area contributed by atoms with Gasteiger partial charge in [0.05, 0.1) is 0 Å². The van der Waals surface area contributed by atoms with Crippen molar-refractivity contribution in [3.8, 4) is 0 Å². The summed E-state index contributed by atoms with van der Waals surface area (Å²) in [5, 5.41) is 0. The van der Waals surface area contributed by atoms with Crippen molar-refractivity contribution in [2.75, 3.05) is 13.2 Å². The first-order chi connectivity index (χ1) is 40.5. The molecule has 0 rings (SSSR count). The van der Waals surface area contributed by atoms with Crippen molar-refractivity contribution in [1.82, 2.24) is 0 Å². The number of hydrogen-bond acceptors (Lipinski definition) is 6. The van der Waals surface area contributed by atoms with Crippen molar-refractivity contribution in [1.29, 1.82) is 0 Å². The van der Waals surface area contributed by atoms with Gasteiger partial charge in [0.15, 0.2) is 6.10 Å². The van der Waals surface area contributed by atoms with Gasteiger partial charge in [-0.3, -0.25) is 14.4 Å². The zero-order chi connectivity index (χ0) is 59.2. The molecule has 0 aromatic rings. The standard InChI is InChI=1S/C76H144O6/c1-4-7-10-13-16-18-20-22-24-26-28-30-32-34-36-38-40-42-44-46-48-50-52-54-56-58-60-63-66-69-75(78)81-72-73(71-80-74(77)68-65-62-15-12-9-6-3)82-76(79)70-67-64-61-59-57-55-53-51-49-47-45-43-41-39-37-35-33-31-29-27-25-23-21-19-17-14-11-8-5-2/h20,22,26,28,73H,4-19,21,23-25,27,29-72H2,1-3H3/b22-20-,28-26-. The van der Waals surface area contributed by atoms with E-state index < -0.39 is 6.10 Å². The fourth-order valence-electron chi connectivity index (χ4n) is 11.6. The maximum absolute atomic E-state index is 12.9. The van der Waals surface area contributed by atoms with E-state index in [1.54, 1.807) is 0 Å². The number of hydrogen-bond donors (Lipinski definition) is 0. The largest absolute Gasteiger partial charge is 0.462 e. The predicted octanol–water partition coefficient (Wildman–Crippen LogP) is 25.7. The molecule has 484 valence electrons. The molecule has 0 bridgehead atoms. The Kier molecular flexibility index (Phi) is 69.5. The Bertz CT molecular complexity index is 1320. The van der Waals surface area contributed by atoms with Gasteiger partial charge in [-0.15, -0.1) is 0 Å². The summed E-state index contributed by atoms with van der Waals surface area (Å²) < 4.78 is 16.9. The number of carbonyl (C=O) groups excluding carboxylic acids is 3. The van der Waals surface area contributed by atoms with Gasteiger partial charge >= 0.3 is 17.9 Å². The van der Waals surface area contributed by atoms with Crippen LogP contribution < -0.4 is 0 Å². The van der Waals surface area contributed by atoms with Crippen molar-refractivity contribution in [3.05, 3.63) is 24.3 Å². The first-order valence-electron chi connectivity index (χ1n) is 37.3. The summed E-state index contributed by atoms with van der Waals surface area (Å²) in [5.74, 6) is -0.843. The van der Waals surface area contributed by atoms with E-state index in [1.807, 2.05) is 0 Å². The maximum atomic E-state index is 12.9. The molecule has 0 saturated heterocycles. The van der Waals surface area contributed by atoms with Gasteiger partial charge < -0.3 is 14.2 Å². The highest BCUT2D eigenvalue weighted by atomic mass is 16.6. The second-order valence-electron chi connectivity index (χ2n) is 25.6. The van der Waals surface area contributed by atoms with Crippen LogP contribution in [0.15, 0.2) is 24.3 Å². The van der Waals surface area contributed by atoms with Crippen molar-refractivity contribution in [2.24, 2.45) is 0 Å². The van der Waals surface area contributed by atoms with Gasteiger partial charge in [0.1, 0.15) is 13.2 Å². The van der Waals surface area contributed by atoms with Crippen molar-refractivity contribution in [2.45, 2.75) is 431 Å². The lowest BCUT2D eigenvalue weighted by Gasteiger charge is -2.18. The minimum absolute atomic E-state index is 0.0647. The van der Waals surface area contributed by atoms with Crippen LogP contribution in [0.1, 0.15) is 425 Å². The maximum Gasteiger partial charge on any atom is 0.306 e. The highest BCUT2D eigenvalue weighted by molar-refractivity contribution is 5.71. The summed E-state index contributed by atoms with van der Waals surface area (Å²) >= 11 is 0. The third kappa shape index (κ3) is 68.7. The highest BCUT2D eigenvalue weighted by Gasteiger charge is 2.20. The molecule has 0 spiro atoms. The van der Waals surface area contributed by atoms with Crippen LogP contribution in [0.5, 0.6) is 0 Å². The second-order valence-corrected chi connectivity index (χ2v) is 25.6. The Hall–Kier alpha value is -2.11. The lowest BCUT2D eigenvalue weighted by Crippen LogP contribution is -2.30. The van der Waals surface area contributed by atoms with Gasteiger partial charge in [0.25, 0.3) is 0 Å². The molecule has 0 aliphatic carbocycles. The molecule has 0 N–H and O–H groups in total. The number of carbonyl (C=O) groups is 3. The minimum atomic E-state index is -0.765. The molecule has 0 amide bonds. The zero-order valence-electron chi connectivity index (χ0n) is 55.8. The van der Waals surface area contributed by atoms with Crippen molar-refractivity contribution in [3.63, 3.8) is 0 Å². The van der Waals surface area contributed by atoms with Crippen LogP contribution in [0.3, 0.4) is 0 Å². The number of allylic oxidation sites excluding steroid dienone is 4. The smallest absolute Gasteiger partial charge is 0.306 e. The molecule has 0 aromatic carbocycles. The van der Waals surface area contributed by atoms with Crippen LogP contribution in [0.2, 0.25) is 0 Å². The summed E-state index contributed by atoms with van der Waals surface area (Å²) in [6, 6.07) is 0. The second kappa shape index (κ2) is 71.4. The van der Waals surface area contributed by atoms with E-state index in [-0.39, 0.29) is 31.1 Å². The molecule has 0 fully saturated rings. The van der Waals surface area contributed by atoms with E-state index in [9.17, 15) is 14.4 Å². The van der Waals surface area contributed by atoms with Gasteiger partial charge in [-0.1, -0.05) is 379 Å². The molecule has 6 heteroatoms. The molecule has 1 atom stereocenters. The summed E-state index contributed by atoms with van der Waals surface area (Å²) in [4.78, 5) is 38.2. The molecule has 82 heavy (non-hydrogen) atoms. The summed E-state index contributed by atoms with van der Waals surface area (Å²) in [5.41, 5.74) is 0. The highest BCUT2D eigenvalue weighted by Crippen LogP contribution is 2.19. The van der Waals surface area contributed by atoms with E-state index in [0.717, 1.165) is 64.2 Å². The van der Waals surface area contributed by atoms with Crippen LogP contribution in [0, 0.1) is 0 Å². The Labute approximate surface area is 513 Å². The summed E-state index contributed by atoms with van der Waals surface area (Å²) in [7, 11) is 0. The lowest BCUT2D eigenvalue weighted by atomic mass is 10.0. The van der Waals surface area contributed by atoms with E-state index >= 15 is 0 Å². The SMILES string of the molecule is CCCCCCC/C=C\C/C=C\CCCCCCCCCCCCCCCCCCCC(=O)OCC(COC(=O)CCCCCCCC)OC(=O)CCCCCCCCCCCCCCCCCCCCCCCCCCCCCCC. The zero-order valence-corrected chi connectivity index (χ0v) is 55.8. The number of esters is 3. The molecule has 0 saturated carbocycles. The van der Waals surface area contributed by atoms with Crippen LogP contribution in [0.4, 0.5) is 0 Å². The van der Waals surface area contributed by atoms with Crippen molar-refractivity contribution < 1.29 is 28.6 Å². The Morgan fingerprint density at radius 2 is 0.439 bits per heavy atom. The molecular formula is C76H144O6. The molecule has 0 aliphatic rings. The first-order valence-corrected chi connectivity index (χ1v) is 37.3. The minimum Gasteiger partial charge on any atom is -0.462 e. The molecule has 0 aromatic heterocycles. The summed E-state index contributed by atoms with van der Waals surface area (Å²) in [6.45, 7) is 6.65. The molecule has 6 nitrogen and oxygen atoms in total. The molecule has 0 aliphatic heterocycles. The Balaban J connectivity index is 3.93. The molecule has 0 radical (unpaired) electrons. The van der Waals surface area contributed by atoms with E-state index in [4.69, 9.17) is 14.2 Å². The van der Waals surface area contributed by atoms with Gasteiger partial charge in [-0.2, -0.15) is 0 Å². The lowest BCUT2D eigenvalue weighted by molar-refractivity contribution is -0.167. The predicted molar refractivity (Wildman–Crippen MR) is 358 cm³/mol. The number of ether oxygens (including phenoxy) is 3. The molecule has 1 unspecified atom stereocenters. The normalized spacial score (nSPS) is 12.1. The van der Waals surface area contributed by atoms with Gasteiger partial charge in [0.2, 0.25) is 0 Å². The molecular weight excluding hydrogens is 1010 g/mol. The van der Waals surface area contributed by atoms with Crippen LogP contribution in [0.25, 0.3) is 0 Å². The average molecular weight is 1150 g/mol. The fraction of sp³-hybridized carbons (Fsp3) is 0.908. The van der Waals surface area contributed by atoms with E-state index in [2.05, 4.69) is 45.1 Å². The fourth-order valence-corrected chi connectivity index (χ4v) is 11.6. The Morgan fingerprint density at radius 3 is 0.671 bits per heavy atom. The monoisotopic (exact) mass is 1150 g/mol. The van der Waals surface area contributed by atoms with Gasteiger partial charge in [-0.05, 0) is 51.4 Å². The number of unbranched alkanes of at least 4 members (excludes halogenated alkanes) is 55. The van der Waals surface area contributed by atoms with Crippen LogP contribution in [-0.4, -0.2) is 37.2 Å². The molecule has 0 heterocycles. The number of rotatable bonds is 70. The van der Waals surface area contributed by atoms with E-state index in [0.29, 0.717) is 19.3 Å². The van der Waals surface area contributed by atoms with Gasteiger partial charge in [-0.25, -0.2) is 0 Å². The first kappa shape index (κ1) is 79.9. The van der Waals surface area contributed by atoms with Crippen LogP contribution >= 0.6 is 0 Å². The van der Waals surface area contributed by atoms with Crippen molar-refractivity contribution >= 4 is 17.9 Å². The quantitative estimate of drug-likeness (QED) is 0.0261. The third-order valence-corrected chi connectivity index (χ3v) is 17.2. The Morgan fingerprint density at radius 1 is 0.244 bits per heavy atom. The third-order valence-electron chi connectivity index (χ3n) is 17.2. The average Bonchev–Trinajstić information content (AvgIpc) is 3.47.